The van der Waals surface area contributed by atoms with Crippen molar-refractivity contribution in [1.29, 1.82) is 0 Å². The number of urea groups is 1. The van der Waals surface area contributed by atoms with Crippen LogP contribution >= 0.6 is 11.6 Å². The topological polar surface area (TPSA) is 55.7 Å². The van der Waals surface area contributed by atoms with Crippen molar-refractivity contribution in [1.82, 2.24) is 9.47 Å². The standard InChI is InChI=1S/C23H26ClN3O3/c1-29-13-12-27(23(28)25-20-8-4-10-22(15-20)30-2)17-21-9-5-11-26(21)16-18-6-3-7-19(24)14-18/h3-11,14-15H,12-13,16-17H2,1-2H3,(H,25,28). The van der Waals surface area contributed by atoms with Crippen molar-refractivity contribution in [3.8, 4) is 5.75 Å². The van der Waals surface area contributed by atoms with Gasteiger partial charge in [-0.3, -0.25) is 0 Å². The molecule has 0 aliphatic heterocycles. The molecule has 0 saturated carbocycles. The maximum atomic E-state index is 13.0. The molecule has 1 N–H and O–H groups in total. The molecule has 0 spiro atoms. The molecule has 1 aromatic heterocycles. The Morgan fingerprint density at radius 2 is 1.93 bits per heavy atom. The van der Waals surface area contributed by atoms with E-state index in [4.69, 9.17) is 21.1 Å². The lowest BCUT2D eigenvalue weighted by molar-refractivity contribution is 0.152. The van der Waals surface area contributed by atoms with Crippen molar-refractivity contribution in [3.63, 3.8) is 0 Å². The van der Waals surface area contributed by atoms with E-state index >= 15 is 0 Å². The number of carbonyl (C=O) groups excluding carboxylic acids is 1. The van der Waals surface area contributed by atoms with Gasteiger partial charge in [-0.1, -0.05) is 29.8 Å². The number of anilines is 1. The summed E-state index contributed by atoms with van der Waals surface area (Å²) in [5.41, 5.74) is 2.80. The molecular formula is C23H26ClN3O3. The van der Waals surface area contributed by atoms with Gasteiger partial charge in [-0.15, -0.1) is 0 Å². The van der Waals surface area contributed by atoms with E-state index in [-0.39, 0.29) is 6.03 Å². The number of hydrogen-bond acceptors (Lipinski definition) is 3. The van der Waals surface area contributed by atoms with Crippen LogP contribution in [0, 0.1) is 0 Å². The van der Waals surface area contributed by atoms with Gasteiger partial charge >= 0.3 is 6.03 Å². The van der Waals surface area contributed by atoms with E-state index in [1.54, 1.807) is 25.2 Å². The van der Waals surface area contributed by atoms with E-state index < -0.39 is 0 Å². The van der Waals surface area contributed by atoms with Gasteiger partial charge in [-0.05, 0) is 42.0 Å². The van der Waals surface area contributed by atoms with E-state index in [1.165, 1.54) is 0 Å². The summed E-state index contributed by atoms with van der Waals surface area (Å²) in [5.74, 6) is 0.687. The van der Waals surface area contributed by atoms with E-state index in [1.807, 2.05) is 60.8 Å². The summed E-state index contributed by atoms with van der Waals surface area (Å²) < 4.78 is 12.5. The van der Waals surface area contributed by atoms with Crippen molar-refractivity contribution in [3.05, 3.63) is 83.1 Å². The number of nitrogens with one attached hydrogen (secondary N) is 1. The number of rotatable bonds is 9. The van der Waals surface area contributed by atoms with Gasteiger partial charge < -0.3 is 24.3 Å². The molecule has 158 valence electrons. The van der Waals surface area contributed by atoms with E-state index in [0.29, 0.717) is 42.7 Å². The second kappa shape index (κ2) is 10.7. The quantitative estimate of drug-likeness (QED) is 0.529. The molecule has 3 rings (SSSR count). The van der Waals surface area contributed by atoms with Crippen molar-refractivity contribution in [2.45, 2.75) is 13.1 Å². The zero-order valence-corrected chi connectivity index (χ0v) is 17.9. The van der Waals surface area contributed by atoms with Crippen LogP contribution in [0.15, 0.2) is 66.9 Å². The van der Waals surface area contributed by atoms with Gasteiger partial charge in [0.25, 0.3) is 0 Å². The van der Waals surface area contributed by atoms with Gasteiger partial charge in [-0.25, -0.2) is 4.79 Å². The highest BCUT2D eigenvalue weighted by Crippen LogP contribution is 2.18. The Labute approximate surface area is 182 Å². The zero-order valence-electron chi connectivity index (χ0n) is 17.2. The van der Waals surface area contributed by atoms with Crippen LogP contribution in [0.1, 0.15) is 11.3 Å². The number of aromatic nitrogens is 1. The third-order valence-electron chi connectivity index (χ3n) is 4.69. The lowest BCUT2D eigenvalue weighted by Crippen LogP contribution is -2.37. The normalized spacial score (nSPS) is 10.6. The number of methoxy groups -OCH3 is 2. The molecule has 0 saturated heterocycles. The van der Waals surface area contributed by atoms with E-state index in [0.717, 1.165) is 11.3 Å². The lowest BCUT2D eigenvalue weighted by Gasteiger charge is -2.24. The molecule has 0 unspecified atom stereocenters. The Kier molecular flexibility index (Phi) is 7.76. The van der Waals surface area contributed by atoms with E-state index in [2.05, 4.69) is 9.88 Å². The van der Waals surface area contributed by atoms with Crippen LogP contribution in [-0.4, -0.2) is 42.9 Å². The molecule has 0 fully saturated rings. The molecule has 0 aliphatic rings. The second-order valence-electron chi connectivity index (χ2n) is 6.83. The third-order valence-corrected chi connectivity index (χ3v) is 4.93. The molecule has 30 heavy (non-hydrogen) atoms. The zero-order chi connectivity index (χ0) is 21.3. The largest absolute Gasteiger partial charge is 0.497 e. The predicted octanol–water partition coefficient (Wildman–Crippen LogP) is 4.88. The van der Waals surface area contributed by atoms with Crippen LogP contribution in [0.25, 0.3) is 0 Å². The lowest BCUT2D eigenvalue weighted by atomic mass is 10.2. The number of nitrogens with zero attached hydrogens (tertiary/aromatic N) is 2. The molecule has 2 aromatic carbocycles. The molecule has 0 aliphatic carbocycles. The highest BCUT2D eigenvalue weighted by atomic mass is 35.5. The van der Waals surface area contributed by atoms with Gasteiger partial charge in [0.2, 0.25) is 0 Å². The minimum atomic E-state index is -0.198. The van der Waals surface area contributed by atoms with Crippen LogP contribution in [0.2, 0.25) is 5.02 Å². The number of hydrogen-bond donors (Lipinski definition) is 1. The molecule has 6 nitrogen and oxygen atoms in total. The summed E-state index contributed by atoms with van der Waals surface area (Å²) in [6.45, 7) is 2.04. The highest BCUT2D eigenvalue weighted by Gasteiger charge is 2.16. The van der Waals surface area contributed by atoms with Gasteiger partial charge in [0, 0.05) is 48.9 Å². The van der Waals surface area contributed by atoms with Crippen LogP contribution in [-0.2, 0) is 17.8 Å². The van der Waals surface area contributed by atoms with Crippen LogP contribution in [0.4, 0.5) is 10.5 Å². The fraction of sp³-hybridized carbons (Fsp3) is 0.261. The first-order valence-electron chi connectivity index (χ1n) is 9.66. The molecule has 0 radical (unpaired) electrons. The highest BCUT2D eigenvalue weighted by molar-refractivity contribution is 6.30. The monoisotopic (exact) mass is 427 g/mol. The summed E-state index contributed by atoms with van der Waals surface area (Å²) in [6.07, 6.45) is 2.00. The van der Waals surface area contributed by atoms with Crippen LogP contribution < -0.4 is 10.1 Å². The number of amides is 2. The Bertz CT molecular complexity index is 974. The summed E-state index contributed by atoms with van der Waals surface area (Å²) in [6, 6.07) is 18.9. The Morgan fingerprint density at radius 1 is 1.10 bits per heavy atom. The van der Waals surface area contributed by atoms with Crippen molar-refractivity contribution >= 4 is 23.3 Å². The fourth-order valence-corrected chi connectivity index (χ4v) is 3.34. The van der Waals surface area contributed by atoms with Gasteiger partial charge in [0.05, 0.1) is 20.3 Å². The summed E-state index contributed by atoms with van der Waals surface area (Å²) >= 11 is 6.11. The molecule has 7 heteroatoms. The molecule has 3 aromatic rings. The summed E-state index contributed by atoms with van der Waals surface area (Å²) in [4.78, 5) is 14.7. The number of benzene rings is 2. The van der Waals surface area contributed by atoms with Gasteiger partial charge in [-0.2, -0.15) is 0 Å². The van der Waals surface area contributed by atoms with E-state index in [9.17, 15) is 4.79 Å². The number of carbonyl (C=O) groups is 1. The minimum Gasteiger partial charge on any atom is -0.497 e. The smallest absolute Gasteiger partial charge is 0.322 e. The average molecular weight is 428 g/mol. The number of halogens is 1. The van der Waals surface area contributed by atoms with Crippen molar-refractivity contribution in [2.75, 3.05) is 32.7 Å². The molecule has 1 heterocycles. The fourth-order valence-electron chi connectivity index (χ4n) is 3.13. The first kappa shape index (κ1) is 21.7. The molecule has 0 atom stereocenters. The minimum absolute atomic E-state index is 0.198. The Morgan fingerprint density at radius 3 is 2.70 bits per heavy atom. The first-order valence-corrected chi connectivity index (χ1v) is 10.0. The Hall–Kier alpha value is -2.96. The van der Waals surface area contributed by atoms with Crippen LogP contribution in [0.5, 0.6) is 5.75 Å². The second-order valence-corrected chi connectivity index (χ2v) is 7.27. The molecular weight excluding hydrogens is 402 g/mol. The van der Waals surface area contributed by atoms with Gasteiger partial charge in [0.1, 0.15) is 5.75 Å². The molecule has 0 bridgehead atoms. The average Bonchev–Trinajstić information content (AvgIpc) is 3.17. The molecule has 2 amide bonds. The Balaban J connectivity index is 1.73. The van der Waals surface area contributed by atoms with Crippen molar-refractivity contribution in [2.24, 2.45) is 0 Å². The third kappa shape index (κ3) is 6.02. The summed E-state index contributed by atoms with van der Waals surface area (Å²) in [7, 11) is 3.22. The van der Waals surface area contributed by atoms with Gasteiger partial charge in [0.15, 0.2) is 0 Å². The predicted molar refractivity (Wildman–Crippen MR) is 119 cm³/mol. The summed E-state index contributed by atoms with van der Waals surface area (Å²) in [5, 5.41) is 3.65. The van der Waals surface area contributed by atoms with Crippen LogP contribution in [0.3, 0.4) is 0 Å². The van der Waals surface area contributed by atoms with Crippen molar-refractivity contribution < 1.29 is 14.3 Å². The SMILES string of the molecule is COCCN(Cc1cccn1Cc1cccc(Cl)c1)C(=O)Nc1cccc(OC)c1. The maximum absolute atomic E-state index is 13.0. The maximum Gasteiger partial charge on any atom is 0.322 e. The number of ether oxygens (including phenoxy) is 2. The first-order chi connectivity index (χ1) is 14.6.